The quantitative estimate of drug-likeness (QED) is 0.233. The molecule has 0 bridgehead atoms. The van der Waals surface area contributed by atoms with Gasteiger partial charge in [-0.25, -0.2) is 13.2 Å². The highest BCUT2D eigenvalue weighted by molar-refractivity contribution is 7.89. The summed E-state index contributed by atoms with van der Waals surface area (Å²) in [7, 11) is -4.09. The summed E-state index contributed by atoms with van der Waals surface area (Å²) in [5, 5.41) is 3.17. The van der Waals surface area contributed by atoms with Crippen molar-refractivity contribution in [3.63, 3.8) is 0 Å². The molecule has 3 aromatic carbocycles. The van der Waals surface area contributed by atoms with Crippen LogP contribution in [0.1, 0.15) is 55.1 Å². The van der Waals surface area contributed by atoms with Crippen LogP contribution in [-0.4, -0.2) is 42.8 Å². The number of alkyl halides is 3. The van der Waals surface area contributed by atoms with Crippen LogP contribution in [0.3, 0.4) is 0 Å². The molecular formula is C32H31F3N2O6S. The first-order chi connectivity index (χ1) is 20.6. The van der Waals surface area contributed by atoms with Crippen LogP contribution in [0.2, 0.25) is 0 Å². The molecule has 2 heterocycles. The number of hydrogen-bond donors (Lipinski definition) is 1. The van der Waals surface area contributed by atoms with E-state index in [0.717, 1.165) is 16.4 Å². The van der Waals surface area contributed by atoms with Gasteiger partial charge in [0.15, 0.2) is 0 Å². The number of nitrogens with zero attached hydrogens (tertiary/aromatic N) is 1. The van der Waals surface area contributed by atoms with E-state index in [2.05, 4.69) is 5.32 Å². The van der Waals surface area contributed by atoms with Crippen molar-refractivity contribution in [2.75, 3.05) is 6.54 Å². The Morgan fingerprint density at radius 2 is 1.70 bits per heavy atom. The number of fused-ring (bicyclic) bond motifs is 1. The van der Waals surface area contributed by atoms with E-state index in [0.29, 0.717) is 40.5 Å². The van der Waals surface area contributed by atoms with Crippen LogP contribution in [0.25, 0.3) is 22.1 Å². The Kier molecular flexibility index (Phi) is 8.34. The summed E-state index contributed by atoms with van der Waals surface area (Å²) in [6.07, 6.45) is -3.72. The Morgan fingerprint density at radius 3 is 2.36 bits per heavy atom. The number of carbonyl (C=O) groups excluding carboxylic acids is 2. The molecule has 0 saturated carbocycles. The Hall–Kier alpha value is -4.16. The average molecular weight is 629 g/mol. The molecule has 0 radical (unpaired) electrons. The normalized spacial score (nSPS) is 16.3. The third-order valence-corrected chi connectivity index (χ3v) is 8.93. The topological polar surface area (TPSA) is 106 Å². The minimum absolute atomic E-state index is 0.0178. The second kappa shape index (κ2) is 11.7. The van der Waals surface area contributed by atoms with E-state index >= 15 is 0 Å². The molecule has 1 aliphatic heterocycles. The lowest BCUT2D eigenvalue weighted by Gasteiger charge is -2.22. The number of rotatable bonds is 7. The molecule has 1 saturated heterocycles. The fraction of sp³-hybridized carbons (Fsp3) is 0.312. The number of halogens is 3. The second-order valence-corrected chi connectivity index (χ2v) is 13.4. The predicted octanol–water partition coefficient (Wildman–Crippen LogP) is 6.54. The van der Waals surface area contributed by atoms with E-state index < -0.39 is 45.3 Å². The predicted molar refractivity (Wildman–Crippen MR) is 157 cm³/mol. The number of sulfonamides is 1. The van der Waals surface area contributed by atoms with E-state index in [1.807, 2.05) is 0 Å². The van der Waals surface area contributed by atoms with Gasteiger partial charge in [-0.2, -0.15) is 17.5 Å². The summed E-state index contributed by atoms with van der Waals surface area (Å²) in [6.45, 7) is 5.24. The van der Waals surface area contributed by atoms with Gasteiger partial charge in [0.25, 0.3) is 10.0 Å². The lowest BCUT2D eigenvalue weighted by molar-refractivity contribution is -0.137. The third kappa shape index (κ3) is 6.66. The molecule has 1 amide bonds. The van der Waals surface area contributed by atoms with Crippen LogP contribution in [0.4, 0.5) is 13.2 Å². The molecule has 0 spiro atoms. The first kappa shape index (κ1) is 31.3. The van der Waals surface area contributed by atoms with Gasteiger partial charge in [0.1, 0.15) is 17.2 Å². The molecule has 1 aliphatic rings. The van der Waals surface area contributed by atoms with Gasteiger partial charge in [-0.3, -0.25) is 4.79 Å². The van der Waals surface area contributed by atoms with Gasteiger partial charge >= 0.3 is 12.1 Å². The number of carbonyl (C=O) groups is 2. The molecule has 0 aliphatic carbocycles. The molecule has 5 rings (SSSR count). The molecular weight excluding hydrogens is 597 g/mol. The summed E-state index contributed by atoms with van der Waals surface area (Å²) >= 11 is 0. The lowest BCUT2D eigenvalue weighted by atomic mass is 9.96. The van der Waals surface area contributed by atoms with E-state index in [4.69, 9.17) is 9.15 Å². The molecule has 44 heavy (non-hydrogen) atoms. The summed E-state index contributed by atoms with van der Waals surface area (Å²) in [5.41, 5.74) is 0.156. The van der Waals surface area contributed by atoms with Gasteiger partial charge in [-0.15, -0.1) is 0 Å². The second-order valence-electron chi connectivity index (χ2n) is 11.6. The number of furan rings is 1. The fourth-order valence-electron chi connectivity index (χ4n) is 5.09. The minimum atomic E-state index is -4.52. The van der Waals surface area contributed by atoms with E-state index in [1.165, 1.54) is 24.3 Å². The van der Waals surface area contributed by atoms with Crippen LogP contribution < -0.4 is 5.32 Å². The first-order valence-electron chi connectivity index (χ1n) is 14.0. The molecule has 1 atom stereocenters. The number of amides is 1. The van der Waals surface area contributed by atoms with Crippen molar-refractivity contribution in [1.29, 1.82) is 0 Å². The monoisotopic (exact) mass is 628 g/mol. The Balaban J connectivity index is 1.37. The maximum atomic E-state index is 13.4. The molecule has 8 nitrogen and oxygen atoms in total. The maximum absolute atomic E-state index is 13.4. The lowest BCUT2D eigenvalue weighted by Crippen LogP contribution is -2.45. The zero-order chi connectivity index (χ0) is 31.9. The highest BCUT2D eigenvalue weighted by Gasteiger charge is 2.41. The maximum Gasteiger partial charge on any atom is 0.416 e. The zero-order valence-corrected chi connectivity index (χ0v) is 25.1. The molecule has 1 fully saturated rings. The molecule has 12 heteroatoms. The third-order valence-electron chi connectivity index (χ3n) is 7.16. The van der Waals surface area contributed by atoms with E-state index in [-0.39, 0.29) is 23.7 Å². The Bertz CT molecular complexity index is 1780. The van der Waals surface area contributed by atoms with Crippen LogP contribution in [0.15, 0.2) is 82.3 Å². The van der Waals surface area contributed by atoms with Gasteiger partial charge in [0, 0.05) is 24.5 Å². The van der Waals surface area contributed by atoms with Crippen molar-refractivity contribution in [1.82, 2.24) is 9.62 Å². The standard InChI is InChI=1S/C32H31F3N2O6S/c1-31(2,3)43-30(39)24-15-10-20(17-25(24)21-11-13-23(14-12-21)32(33,34)35)19-36-29(38)26-8-6-16-37(26)44(40,41)28-18-22-7-4-5-9-27(22)42-28/h4-5,7,9-15,17-18,26H,6,8,16,19H2,1-3H3,(H,36,38). The summed E-state index contributed by atoms with van der Waals surface area (Å²) in [5.74, 6) is -1.16. The van der Waals surface area contributed by atoms with Crippen LogP contribution in [-0.2, 0) is 32.3 Å². The van der Waals surface area contributed by atoms with Crippen molar-refractivity contribution >= 4 is 32.9 Å². The number of para-hydroxylation sites is 1. The van der Waals surface area contributed by atoms with Gasteiger partial charge in [0.2, 0.25) is 11.0 Å². The smallest absolute Gasteiger partial charge is 0.416 e. The first-order valence-corrected chi connectivity index (χ1v) is 15.4. The highest BCUT2D eigenvalue weighted by atomic mass is 32.2. The number of nitrogens with one attached hydrogen (secondary N) is 1. The fourth-order valence-corrected chi connectivity index (χ4v) is 6.69. The summed E-state index contributed by atoms with van der Waals surface area (Å²) < 4.78 is 78.6. The van der Waals surface area contributed by atoms with Crippen LogP contribution in [0, 0.1) is 0 Å². The molecule has 1 unspecified atom stereocenters. The van der Waals surface area contributed by atoms with Crippen LogP contribution in [0.5, 0.6) is 0 Å². The van der Waals surface area contributed by atoms with Crippen molar-refractivity contribution in [3.8, 4) is 11.1 Å². The van der Waals surface area contributed by atoms with Crippen molar-refractivity contribution in [3.05, 3.63) is 89.5 Å². The molecule has 1 aromatic heterocycles. The van der Waals surface area contributed by atoms with E-state index in [1.54, 1.807) is 57.2 Å². The van der Waals surface area contributed by atoms with Gasteiger partial charge in [-0.05, 0) is 80.6 Å². The molecule has 4 aromatic rings. The molecule has 232 valence electrons. The molecule has 1 N–H and O–H groups in total. The highest BCUT2D eigenvalue weighted by Crippen LogP contribution is 2.33. The van der Waals surface area contributed by atoms with Crippen LogP contribution >= 0.6 is 0 Å². The number of hydrogen-bond acceptors (Lipinski definition) is 6. The van der Waals surface area contributed by atoms with Crippen molar-refractivity contribution in [2.45, 2.75) is 63.1 Å². The van der Waals surface area contributed by atoms with Crippen molar-refractivity contribution < 1.29 is 40.3 Å². The van der Waals surface area contributed by atoms with Gasteiger partial charge < -0.3 is 14.5 Å². The number of esters is 1. The SMILES string of the molecule is CC(C)(C)OC(=O)c1ccc(CNC(=O)C2CCCN2S(=O)(=O)c2cc3ccccc3o2)cc1-c1ccc(C(F)(F)F)cc1. The van der Waals surface area contributed by atoms with Gasteiger partial charge in [-0.1, -0.05) is 36.4 Å². The largest absolute Gasteiger partial charge is 0.456 e. The number of ether oxygens (including phenoxy) is 1. The van der Waals surface area contributed by atoms with Gasteiger partial charge in [0.05, 0.1) is 11.1 Å². The number of benzene rings is 3. The van der Waals surface area contributed by atoms with Crippen molar-refractivity contribution in [2.24, 2.45) is 0 Å². The Morgan fingerprint density at radius 1 is 1.00 bits per heavy atom. The Labute approximate surface area is 252 Å². The average Bonchev–Trinajstić information content (AvgIpc) is 3.63. The van der Waals surface area contributed by atoms with E-state index in [9.17, 15) is 31.2 Å². The minimum Gasteiger partial charge on any atom is -0.456 e. The summed E-state index contributed by atoms with van der Waals surface area (Å²) in [4.78, 5) is 26.3. The summed E-state index contributed by atoms with van der Waals surface area (Å²) in [6, 6.07) is 16.5. The zero-order valence-electron chi connectivity index (χ0n) is 24.3.